The third-order valence-electron chi connectivity index (χ3n) is 4.16. The Labute approximate surface area is 119 Å². The van der Waals surface area contributed by atoms with Crippen LogP contribution in [0.2, 0.25) is 0 Å². The summed E-state index contributed by atoms with van der Waals surface area (Å²) in [5.74, 6) is -0.824. The van der Waals surface area contributed by atoms with Crippen molar-refractivity contribution in [1.82, 2.24) is 5.32 Å². The van der Waals surface area contributed by atoms with E-state index >= 15 is 0 Å². The molecule has 0 spiro atoms. The van der Waals surface area contributed by atoms with Gasteiger partial charge in [0, 0.05) is 12.0 Å². The van der Waals surface area contributed by atoms with E-state index in [1.165, 1.54) is 6.42 Å². The predicted molar refractivity (Wildman–Crippen MR) is 76.4 cm³/mol. The number of hydrogen-bond acceptors (Lipinski definition) is 2. The molecular formula is C16H21NO3. The van der Waals surface area contributed by atoms with E-state index in [0.29, 0.717) is 6.54 Å². The molecule has 2 rings (SSSR count). The molecule has 0 aromatic heterocycles. The van der Waals surface area contributed by atoms with E-state index in [-0.39, 0.29) is 16.9 Å². The van der Waals surface area contributed by atoms with Crippen LogP contribution in [-0.4, -0.2) is 17.0 Å². The number of carbonyl (C=O) groups is 2. The molecule has 2 N–H and O–H groups in total. The number of carboxylic acids is 1. The number of benzene rings is 1. The van der Waals surface area contributed by atoms with Gasteiger partial charge in [0.1, 0.15) is 0 Å². The minimum atomic E-state index is -0.935. The second-order valence-electron chi connectivity index (χ2n) is 5.81. The van der Waals surface area contributed by atoms with E-state index in [0.717, 1.165) is 31.2 Å². The number of aromatic carboxylic acids is 1. The topological polar surface area (TPSA) is 66.4 Å². The zero-order valence-electron chi connectivity index (χ0n) is 11.8. The lowest BCUT2D eigenvalue weighted by Crippen LogP contribution is -2.39. The highest BCUT2D eigenvalue weighted by Gasteiger charge is 2.34. The molecule has 108 valence electrons. The summed E-state index contributed by atoms with van der Waals surface area (Å²) < 4.78 is 0. The minimum Gasteiger partial charge on any atom is -0.478 e. The van der Waals surface area contributed by atoms with Crippen LogP contribution in [0.25, 0.3) is 0 Å². The Bertz CT molecular complexity index is 487. The molecule has 20 heavy (non-hydrogen) atoms. The Kier molecular flexibility index (Phi) is 4.42. The fourth-order valence-electron chi connectivity index (χ4n) is 2.72. The summed E-state index contributed by atoms with van der Waals surface area (Å²) in [6, 6.07) is 6.61. The smallest absolute Gasteiger partial charge is 0.335 e. The van der Waals surface area contributed by atoms with Gasteiger partial charge in [0.05, 0.1) is 5.56 Å². The van der Waals surface area contributed by atoms with Crippen LogP contribution in [0, 0.1) is 5.41 Å². The van der Waals surface area contributed by atoms with Crippen molar-refractivity contribution < 1.29 is 14.7 Å². The SMILES string of the molecule is CC1(C(=O)NCc2ccc(C(=O)O)cc2)CCCCC1. The third-order valence-corrected chi connectivity index (χ3v) is 4.16. The van der Waals surface area contributed by atoms with E-state index in [9.17, 15) is 9.59 Å². The van der Waals surface area contributed by atoms with Crippen LogP contribution in [0.5, 0.6) is 0 Å². The monoisotopic (exact) mass is 275 g/mol. The van der Waals surface area contributed by atoms with Crippen LogP contribution in [-0.2, 0) is 11.3 Å². The molecule has 4 nitrogen and oxygen atoms in total. The quantitative estimate of drug-likeness (QED) is 0.887. The van der Waals surface area contributed by atoms with E-state index < -0.39 is 5.97 Å². The molecule has 1 aromatic carbocycles. The average Bonchev–Trinajstić information content (AvgIpc) is 2.46. The molecule has 1 aromatic rings. The molecule has 0 saturated heterocycles. The van der Waals surface area contributed by atoms with Gasteiger partial charge in [-0.3, -0.25) is 4.79 Å². The Morgan fingerprint density at radius 1 is 1.15 bits per heavy atom. The maximum Gasteiger partial charge on any atom is 0.335 e. The lowest BCUT2D eigenvalue weighted by Gasteiger charge is -2.32. The van der Waals surface area contributed by atoms with Crippen LogP contribution in [0.15, 0.2) is 24.3 Å². The third kappa shape index (κ3) is 3.38. The van der Waals surface area contributed by atoms with Gasteiger partial charge in [-0.15, -0.1) is 0 Å². The number of hydrogen-bond donors (Lipinski definition) is 2. The minimum absolute atomic E-state index is 0.111. The molecule has 4 heteroatoms. The van der Waals surface area contributed by atoms with Gasteiger partial charge < -0.3 is 10.4 Å². The Morgan fingerprint density at radius 3 is 2.30 bits per heavy atom. The fraction of sp³-hybridized carbons (Fsp3) is 0.500. The maximum absolute atomic E-state index is 12.3. The summed E-state index contributed by atoms with van der Waals surface area (Å²) in [6.45, 7) is 2.49. The number of nitrogens with one attached hydrogen (secondary N) is 1. The predicted octanol–water partition coefficient (Wildman–Crippen LogP) is 2.97. The highest BCUT2D eigenvalue weighted by atomic mass is 16.4. The van der Waals surface area contributed by atoms with E-state index in [1.807, 2.05) is 6.92 Å². The zero-order valence-corrected chi connectivity index (χ0v) is 11.8. The molecule has 0 aliphatic heterocycles. The summed E-state index contributed by atoms with van der Waals surface area (Å²) in [5.41, 5.74) is 0.946. The lowest BCUT2D eigenvalue weighted by molar-refractivity contribution is -0.132. The number of rotatable bonds is 4. The Morgan fingerprint density at radius 2 is 1.75 bits per heavy atom. The van der Waals surface area contributed by atoms with Crippen molar-refractivity contribution in [1.29, 1.82) is 0 Å². The van der Waals surface area contributed by atoms with Gasteiger partial charge >= 0.3 is 5.97 Å². The second-order valence-corrected chi connectivity index (χ2v) is 5.81. The molecule has 1 amide bonds. The standard InChI is InChI=1S/C16H21NO3/c1-16(9-3-2-4-10-16)15(20)17-11-12-5-7-13(8-6-12)14(18)19/h5-8H,2-4,9-11H2,1H3,(H,17,20)(H,18,19). The zero-order chi connectivity index (χ0) is 14.6. The number of carboxylic acid groups (broad SMARTS) is 1. The molecule has 0 bridgehead atoms. The van der Waals surface area contributed by atoms with Crippen molar-refractivity contribution in [2.24, 2.45) is 5.41 Å². The fourth-order valence-corrected chi connectivity index (χ4v) is 2.72. The van der Waals surface area contributed by atoms with E-state index in [4.69, 9.17) is 5.11 Å². The van der Waals surface area contributed by atoms with Crippen LogP contribution < -0.4 is 5.32 Å². The van der Waals surface area contributed by atoms with Gasteiger partial charge in [0.25, 0.3) is 0 Å². The molecule has 1 aliphatic carbocycles. The van der Waals surface area contributed by atoms with Gasteiger partial charge in [-0.2, -0.15) is 0 Å². The summed E-state index contributed by atoms with van der Waals surface area (Å²) in [6.07, 6.45) is 5.38. The first-order valence-electron chi connectivity index (χ1n) is 7.12. The number of amides is 1. The lowest BCUT2D eigenvalue weighted by atomic mass is 9.75. The summed E-state index contributed by atoms with van der Waals surface area (Å²) in [4.78, 5) is 23.0. The van der Waals surface area contributed by atoms with Gasteiger partial charge in [0.2, 0.25) is 5.91 Å². The van der Waals surface area contributed by atoms with Crippen LogP contribution in [0.4, 0.5) is 0 Å². The first kappa shape index (κ1) is 14.6. The van der Waals surface area contributed by atoms with Crippen LogP contribution >= 0.6 is 0 Å². The van der Waals surface area contributed by atoms with Crippen LogP contribution in [0.1, 0.15) is 54.9 Å². The summed E-state index contributed by atoms with van der Waals surface area (Å²) >= 11 is 0. The number of carbonyl (C=O) groups excluding carboxylic acids is 1. The van der Waals surface area contributed by atoms with E-state index in [1.54, 1.807) is 24.3 Å². The first-order chi connectivity index (χ1) is 9.51. The van der Waals surface area contributed by atoms with Crippen molar-refractivity contribution in [3.63, 3.8) is 0 Å². The Balaban J connectivity index is 1.91. The van der Waals surface area contributed by atoms with Crippen molar-refractivity contribution in [3.8, 4) is 0 Å². The molecule has 1 aliphatic rings. The van der Waals surface area contributed by atoms with Gasteiger partial charge in [-0.25, -0.2) is 4.79 Å². The van der Waals surface area contributed by atoms with Crippen LogP contribution in [0.3, 0.4) is 0 Å². The molecule has 0 atom stereocenters. The molecule has 0 unspecified atom stereocenters. The van der Waals surface area contributed by atoms with Gasteiger partial charge in [-0.05, 0) is 30.5 Å². The first-order valence-corrected chi connectivity index (χ1v) is 7.12. The normalized spacial score (nSPS) is 17.4. The highest BCUT2D eigenvalue weighted by molar-refractivity contribution is 5.87. The molecule has 1 fully saturated rings. The summed E-state index contributed by atoms with van der Waals surface area (Å²) in [7, 11) is 0. The second kappa shape index (κ2) is 6.07. The van der Waals surface area contributed by atoms with Gasteiger partial charge in [0.15, 0.2) is 0 Å². The highest BCUT2D eigenvalue weighted by Crippen LogP contribution is 2.35. The molecule has 1 saturated carbocycles. The van der Waals surface area contributed by atoms with Crippen molar-refractivity contribution in [2.45, 2.75) is 45.6 Å². The Hall–Kier alpha value is -1.84. The maximum atomic E-state index is 12.3. The average molecular weight is 275 g/mol. The van der Waals surface area contributed by atoms with Gasteiger partial charge in [-0.1, -0.05) is 38.3 Å². The van der Waals surface area contributed by atoms with Crippen molar-refractivity contribution in [2.75, 3.05) is 0 Å². The van der Waals surface area contributed by atoms with Crippen molar-refractivity contribution >= 4 is 11.9 Å². The summed E-state index contributed by atoms with van der Waals surface area (Å²) in [5, 5.41) is 11.8. The van der Waals surface area contributed by atoms with Crippen molar-refractivity contribution in [3.05, 3.63) is 35.4 Å². The largest absolute Gasteiger partial charge is 0.478 e. The van der Waals surface area contributed by atoms with E-state index in [2.05, 4.69) is 5.32 Å². The molecule has 0 radical (unpaired) electrons. The molecule has 0 heterocycles. The molecular weight excluding hydrogens is 254 g/mol.